The molecule has 2 aromatic carbocycles. The van der Waals surface area contributed by atoms with Gasteiger partial charge in [0.1, 0.15) is 11.4 Å². The monoisotopic (exact) mass is 332 g/mol. The van der Waals surface area contributed by atoms with Crippen LogP contribution in [0.2, 0.25) is 0 Å². The summed E-state index contributed by atoms with van der Waals surface area (Å²) in [6.07, 6.45) is 3.70. The van der Waals surface area contributed by atoms with Crippen LogP contribution in [0, 0.1) is 11.8 Å². The first-order valence-electron chi connectivity index (χ1n) is 8.43. The van der Waals surface area contributed by atoms with Gasteiger partial charge in [-0.2, -0.15) is 0 Å². The lowest BCUT2D eigenvalue weighted by atomic mass is 10.1. The lowest BCUT2D eigenvalue weighted by Crippen LogP contribution is -1.86. The van der Waals surface area contributed by atoms with Crippen molar-refractivity contribution in [1.29, 1.82) is 0 Å². The van der Waals surface area contributed by atoms with Crippen LogP contribution in [0.15, 0.2) is 97.3 Å². The molecule has 0 N–H and O–H groups in total. The SMILES string of the molecule is C(#Cc1ccc(-c2ccccc2)cn1)c1ccc(-c2ccccc2)cn1. The van der Waals surface area contributed by atoms with Crippen LogP contribution in [0.1, 0.15) is 11.4 Å². The van der Waals surface area contributed by atoms with Crippen LogP contribution in [-0.4, -0.2) is 9.97 Å². The Morgan fingerprint density at radius 3 is 1.19 bits per heavy atom. The van der Waals surface area contributed by atoms with Gasteiger partial charge in [-0.3, -0.25) is 0 Å². The second kappa shape index (κ2) is 7.46. The van der Waals surface area contributed by atoms with Crippen LogP contribution < -0.4 is 0 Å². The Labute approximate surface area is 153 Å². The van der Waals surface area contributed by atoms with Crippen molar-refractivity contribution in [1.82, 2.24) is 9.97 Å². The minimum absolute atomic E-state index is 0.735. The van der Waals surface area contributed by atoms with E-state index in [4.69, 9.17) is 0 Å². The first-order valence-corrected chi connectivity index (χ1v) is 8.43. The molecule has 122 valence electrons. The molecule has 0 atom stereocenters. The summed E-state index contributed by atoms with van der Waals surface area (Å²) < 4.78 is 0. The van der Waals surface area contributed by atoms with Crippen LogP contribution in [0.5, 0.6) is 0 Å². The molecule has 2 nitrogen and oxygen atoms in total. The van der Waals surface area contributed by atoms with Crippen molar-refractivity contribution >= 4 is 0 Å². The molecule has 2 heteroatoms. The van der Waals surface area contributed by atoms with Crippen molar-refractivity contribution in [2.45, 2.75) is 0 Å². The molecule has 0 unspecified atom stereocenters. The zero-order valence-corrected chi connectivity index (χ0v) is 14.1. The van der Waals surface area contributed by atoms with Gasteiger partial charge in [-0.25, -0.2) is 9.97 Å². The van der Waals surface area contributed by atoms with Crippen LogP contribution in [0.3, 0.4) is 0 Å². The number of benzene rings is 2. The predicted molar refractivity (Wildman–Crippen MR) is 105 cm³/mol. The van der Waals surface area contributed by atoms with Crippen LogP contribution >= 0.6 is 0 Å². The molecule has 0 amide bonds. The Kier molecular flexibility index (Phi) is 4.54. The summed E-state index contributed by atoms with van der Waals surface area (Å²) in [6, 6.07) is 28.3. The summed E-state index contributed by atoms with van der Waals surface area (Å²) in [5, 5.41) is 0. The average Bonchev–Trinajstić information content (AvgIpc) is 2.74. The second-order valence-electron chi connectivity index (χ2n) is 5.85. The topological polar surface area (TPSA) is 25.8 Å². The fraction of sp³-hybridized carbons (Fsp3) is 0. The molecule has 0 spiro atoms. The summed E-state index contributed by atoms with van der Waals surface area (Å²) in [5.41, 5.74) is 5.94. The lowest BCUT2D eigenvalue weighted by molar-refractivity contribution is 1.27. The number of rotatable bonds is 2. The minimum Gasteiger partial charge on any atom is -0.247 e. The van der Waals surface area contributed by atoms with E-state index in [0.29, 0.717) is 0 Å². The predicted octanol–water partition coefficient (Wildman–Crippen LogP) is 5.21. The molecule has 0 aliphatic rings. The largest absolute Gasteiger partial charge is 0.247 e. The smallest absolute Gasteiger partial charge is 0.113 e. The standard InChI is InChI=1S/C24H16N2/c1-3-7-19(8-4-1)21-11-13-23(25-17-21)15-16-24-14-12-22(18-26-24)20-9-5-2-6-10-20/h1-14,17-18H. The van der Waals surface area contributed by atoms with E-state index in [9.17, 15) is 0 Å². The van der Waals surface area contributed by atoms with E-state index in [0.717, 1.165) is 33.6 Å². The maximum atomic E-state index is 4.43. The number of pyridine rings is 2. The van der Waals surface area contributed by atoms with Crippen LogP contribution in [0.4, 0.5) is 0 Å². The van der Waals surface area contributed by atoms with E-state index in [1.165, 1.54) is 0 Å². The maximum absolute atomic E-state index is 4.43. The molecule has 0 bridgehead atoms. The van der Waals surface area contributed by atoms with Gasteiger partial charge in [0.2, 0.25) is 0 Å². The van der Waals surface area contributed by atoms with Gasteiger partial charge >= 0.3 is 0 Å². The van der Waals surface area contributed by atoms with E-state index in [2.05, 4.69) is 46.1 Å². The molecule has 4 aromatic rings. The summed E-state index contributed by atoms with van der Waals surface area (Å²) in [7, 11) is 0. The molecular weight excluding hydrogens is 316 g/mol. The molecule has 0 saturated heterocycles. The first kappa shape index (κ1) is 15.8. The normalized spacial score (nSPS) is 10.0. The Hall–Kier alpha value is -3.70. The average molecular weight is 332 g/mol. The van der Waals surface area contributed by atoms with E-state index in [1.807, 2.05) is 73.1 Å². The molecule has 4 rings (SSSR count). The van der Waals surface area contributed by atoms with Crippen molar-refractivity contribution in [3.05, 3.63) is 109 Å². The Morgan fingerprint density at radius 2 is 0.846 bits per heavy atom. The highest BCUT2D eigenvalue weighted by Crippen LogP contribution is 2.18. The van der Waals surface area contributed by atoms with Gasteiger partial charge in [-0.05, 0) is 35.1 Å². The highest BCUT2D eigenvalue weighted by Gasteiger charge is 1.98. The molecule has 2 aromatic heterocycles. The quantitative estimate of drug-likeness (QED) is 0.471. The third-order valence-electron chi connectivity index (χ3n) is 4.06. The molecule has 0 aliphatic heterocycles. The van der Waals surface area contributed by atoms with Crippen molar-refractivity contribution < 1.29 is 0 Å². The molecule has 0 fully saturated rings. The van der Waals surface area contributed by atoms with Crippen LogP contribution in [0.25, 0.3) is 22.3 Å². The van der Waals surface area contributed by atoms with Gasteiger partial charge in [0, 0.05) is 23.5 Å². The number of nitrogens with zero attached hydrogens (tertiary/aromatic N) is 2. The van der Waals surface area contributed by atoms with Gasteiger partial charge in [0.25, 0.3) is 0 Å². The maximum Gasteiger partial charge on any atom is 0.113 e. The van der Waals surface area contributed by atoms with E-state index >= 15 is 0 Å². The van der Waals surface area contributed by atoms with Gasteiger partial charge < -0.3 is 0 Å². The van der Waals surface area contributed by atoms with Crippen molar-refractivity contribution in [2.75, 3.05) is 0 Å². The van der Waals surface area contributed by atoms with E-state index in [-0.39, 0.29) is 0 Å². The first-order chi connectivity index (χ1) is 12.9. The number of hydrogen-bond donors (Lipinski definition) is 0. The van der Waals surface area contributed by atoms with Crippen molar-refractivity contribution in [3.8, 4) is 34.1 Å². The highest BCUT2D eigenvalue weighted by atomic mass is 14.7. The highest BCUT2D eigenvalue weighted by molar-refractivity contribution is 5.63. The summed E-state index contributed by atoms with van der Waals surface area (Å²) >= 11 is 0. The fourth-order valence-corrected chi connectivity index (χ4v) is 2.67. The van der Waals surface area contributed by atoms with Gasteiger partial charge in [0.05, 0.1) is 0 Å². The Bertz CT molecular complexity index is 953. The molecule has 26 heavy (non-hydrogen) atoms. The lowest BCUT2D eigenvalue weighted by Gasteiger charge is -2.00. The summed E-state index contributed by atoms with van der Waals surface area (Å²) in [4.78, 5) is 8.87. The van der Waals surface area contributed by atoms with E-state index < -0.39 is 0 Å². The van der Waals surface area contributed by atoms with Gasteiger partial charge in [-0.1, -0.05) is 72.8 Å². The van der Waals surface area contributed by atoms with Crippen molar-refractivity contribution in [3.63, 3.8) is 0 Å². The summed E-state index contributed by atoms with van der Waals surface area (Å²) in [6.45, 7) is 0. The van der Waals surface area contributed by atoms with E-state index in [1.54, 1.807) is 0 Å². The zero-order valence-electron chi connectivity index (χ0n) is 14.1. The molecular formula is C24H16N2. The summed E-state index contributed by atoms with van der Waals surface area (Å²) in [5.74, 6) is 6.15. The Morgan fingerprint density at radius 1 is 0.423 bits per heavy atom. The molecule has 2 heterocycles. The van der Waals surface area contributed by atoms with Crippen molar-refractivity contribution in [2.24, 2.45) is 0 Å². The van der Waals surface area contributed by atoms with Crippen LogP contribution in [-0.2, 0) is 0 Å². The molecule has 0 radical (unpaired) electrons. The third kappa shape index (κ3) is 3.68. The van der Waals surface area contributed by atoms with Gasteiger partial charge in [0.15, 0.2) is 0 Å². The number of hydrogen-bond acceptors (Lipinski definition) is 2. The molecule has 0 aliphatic carbocycles. The third-order valence-corrected chi connectivity index (χ3v) is 4.06. The number of aromatic nitrogens is 2. The fourth-order valence-electron chi connectivity index (χ4n) is 2.67. The molecule has 0 saturated carbocycles. The Balaban J connectivity index is 1.51. The van der Waals surface area contributed by atoms with Gasteiger partial charge in [-0.15, -0.1) is 0 Å². The zero-order chi connectivity index (χ0) is 17.6. The second-order valence-corrected chi connectivity index (χ2v) is 5.85. The minimum atomic E-state index is 0.735.